The molecule has 2 aromatic carbocycles. The Morgan fingerprint density at radius 2 is 1.69 bits per heavy atom. The number of nitrogens with one attached hydrogen (secondary N) is 1. The van der Waals surface area contributed by atoms with Gasteiger partial charge in [-0.15, -0.1) is 0 Å². The van der Waals surface area contributed by atoms with E-state index in [1.807, 2.05) is 12.2 Å². The Bertz CT molecular complexity index is 1300. The second-order valence-corrected chi connectivity index (χ2v) is 9.29. The summed E-state index contributed by atoms with van der Waals surface area (Å²) in [5.41, 5.74) is -1.06. The second kappa shape index (κ2) is 8.77. The van der Waals surface area contributed by atoms with Crippen LogP contribution in [0.3, 0.4) is 0 Å². The first-order valence-corrected chi connectivity index (χ1v) is 11.4. The zero-order chi connectivity index (χ0) is 25.8. The number of nitrogens with zero attached hydrogens (tertiary/aromatic N) is 1. The monoisotopic (exact) mass is 518 g/mol. The Labute approximate surface area is 207 Å². The van der Waals surface area contributed by atoms with Gasteiger partial charge in [0.15, 0.2) is 6.61 Å². The molecule has 3 amide bonds. The van der Waals surface area contributed by atoms with E-state index in [1.54, 1.807) is 0 Å². The second-order valence-electron chi connectivity index (χ2n) is 8.88. The number of fused-ring (bicyclic) bond motifs is 5. The van der Waals surface area contributed by atoms with E-state index in [9.17, 15) is 32.3 Å². The van der Waals surface area contributed by atoms with Crippen molar-refractivity contribution in [3.05, 3.63) is 70.8 Å². The molecule has 0 aromatic heterocycles. The summed E-state index contributed by atoms with van der Waals surface area (Å²) in [4.78, 5) is 51.8. The van der Waals surface area contributed by atoms with Crippen molar-refractivity contribution in [3.8, 4) is 0 Å². The number of carbonyl (C=O) groups excluding carboxylic acids is 4. The maximum absolute atomic E-state index is 13.0. The summed E-state index contributed by atoms with van der Waals surface area (Å²) < 4.78 is 43.7. The smallest absolute Gasteiger partial charge is 0.416 e. The molecule has 1 aliphatic heterocycles. The van der Waals surface area contributed by atoms with Gasteiger partial charge in [0.1, 0.15) is 0 Å². The minimum atomic E-state index is -4.63. The number of ether oxygens (including phenoxy) is 1. The van der Waals surface area contributed by atoms with Crippen LogP contribution in [-0.2, 0) is 25.3 Å². The third kappa shape index (κ3) is 4.15. The van der Waals surface area contributed by atoms with Crippen LogP contribution in [0.5, 0.6) is 0 Å². The highest BCUT2D eigenvalue weighted by atomic mass is 35.5. The van der Waals surface area contributed by atoms with Crippen molar-refractivity contribution < 1.29 is 37.1 Å². The Morgan fingerprint density at radius 1 is 1.03 bits per heavy atom. The molecule has 2 aliphatic carbocycles. The van der Waals surface area contributed by atoms with Crippen molar-refractivity contribution in [3.63, 3.8) is 0 Å². The van der Waals surface area contributed by atoms with E-state index < -0.39 is 42.1 Å². The number of allylic oxidation sites excluding steroid dienone is 2. The van der Waals surface area contributed by atoms with Gasteiger partial charge >= 0.3 is 12.1 Å². The molecule has 2 aromatic rings. The Morgan fingerprint density at radius 3 is 2.33 bits per heavy atom. The molecule has 4 atom stereocenters. The molecular formula is C25H18ClF3N2O5. The van der Waals surface area contributed by atoms with E-state index in [1.165, 1.54) is 24.3 Å². The number of rotatable bonds is 5. The van der Waals surface area contributed by atoms with E-state index in [-0.39, 0.29) is 45.6 Å². The van der Waals surface area contributed by atoms with E-state index in [0.29, 0.717) is 6.07 Å². The fourth-order valence-corrected chi connectivity index (χ4v) is 5.29. The third-order valence-corrected chi connectivity index (χ3v) is 7.04. The number of alkyl halides is 3. The van der Waals surface area contributed by atoms with Crippen molar-refractivity contribution in [1.82, 2.24) is 0 Å². The SMILES string of the molecule is O=C(COC(=O)c1cccc(N2C(=O)[C@@H]3[C@H](C2=O)[C@H]2C=C[C@H]3C2)c1)Nc1cc(C(F)(F)F)ccc1Cl. The number of hydrogen-bond acceptors (Lipinski definition) is 5. The summed E-state index contributed by atoms with van der Waals surface area (Å²) in [7, 11) is 0. The quantitative estimate of drug-likeness (QED) is 0.358. The number of halogens is 4. The van der Waals surface area contributed by atoms with Gasteiger partial charge in [-0.3, -0.25) is 14.4 Å². The predicted molar refractivity (Wildman–Crippen MR) is 122 cm³/mol. The summed E-state index contributed by atoms with van der Waals surface area (Å²) in [6.45, 7) is -0.795. The number of imide groups is 1. The molecule has 2 fully saturated rings. The highest BCUT2D eigenvalue weighted by molar-refractivity contribution is 6.33. The summed E-state index contributed by atoms with van der Waals surface area (Å²) in [6.07, 6.45) is 0.118. The third-order valence-electron chi connectivity index (χ3n) is 6.71. The molecule has 3 aliphatic rings. The average molecular weight is 519 g/mol. The molecule has 0 spiro atoms. The van der Waals surface area contributed by atoms with Crippen LogP contribution in [0.1, 0.15) is 22.3 Å². The van der Waals surface area contributed by atoms with Gasteiger partial charge in [0.25, 0.3) is 5.91 Å². The maximum atomic E-state index is 13.0. The Kier molecular flexibility index (Phi) is 5.86. The molecule has 0 unspecified atom stereocenters. The largest absolute Gasteiger partial charge is 0.452 e. The number of esters is 1. The van der Waals surface area contributed by atoms with Gasteiger partial charge in [-0.25, -0.2) is 9.69 Å². The van der Waals surface area contributed by atoms with Crippen molar-refractivity contribution >= 4 is 46.7 Å². The van der Waals surface area contributed by atoms with Gasteiger partial charge in [-0.2, -0.15) is 13.2 Å². The Hall–Kier alpha value is -3.66. The lowest BCUT2D eigenvalue weighted by Gasteiger charge is -2.18. The first kappa shape index (κ1) is 24.1. The van der Waals surface area contributed by atoms with E-state index in [0.717, 1.165) is 23.5 Å². The number of carbonyl (C=O) groups is 4. The number of benzene rings is 2. The summed E-state index contributed by atoms with van der Waals surface area (Å²) in [5, 5.41) is 2.06. The highest BCUT2D eigenvalue weighted by Crippen LogP contribution is 2.53. The molecule has 36 heavy (non-hydrogen) atoms. The van der Waals surface area contributed by atoms with Gasteiger partial charge in [0.05, 0.1) is 39.4 Å². The fraction of sp³-hybridized carbons (Fsp3) is 0.280. The number of hydrogen-bond donors (Lipinski definition) is 1. The normalized spacial score (nSPS) is 24.3. The lowest BCUT2D eigenvalue weighted by Crippen LogP contribution is -2.33. The predicted octanol–water partition coefficient (Wildman–Crippen LogP) is 4.47. The Balaban J connectivity index is 1.24. The number of anilines is 2. The van der Waals surface area contributed by atoms with E-state index in [2.05, 4.69) is 5.32 Å². The topological polar surface area (TPSA) is 92.8 Å². The van der Waals surface area contributed by atoms with Crippen molar-refractivity contribution in [2.24, 2.45) is 23.7 Å². The first-order chi connectivity index (χ1) is 17.0. The molecule has 1 N–H and O–H groups in total. The molecule has 5 rings (SSSR count). The van der Waals surface area contributed by atoms with Gasteiger partial charge in [-0.05, 0) is 54.7 Å². The molecule has 1 heterocycles. The zero-order valence-corrected chi connectivity index (χ0v) is 19.2. The minimum Gasteiger partial charge on any atom is -0.452 e. The van der Waals surface area contributed by atoms with Crippen LogP contribution in [0.15, 0.2) is 54.6 Å². The van der Waals surface area contributed by atoms with E-state index >= 15 is 0 Å². The molecule has 11 heteroatoms. The zero-order valence-electron chi connectivity index (χ0n) is 18.4. The summed E-state index contributed by atoms with van der Waals surface area (Å²) >= 11 is 5.86. The van der Waals surface area contributed by atoms with Crippen LogP contribution in [0.25, 0.3) is 0 Å². The average Bonchev–Trinajstić information content (AvgIpc) is 3.52. The molecular weight excluding hydrogens is 501 g/mol. The van der Waals surface area contributed by atoms with Crippen LogP contribution in [0, 0.1) is 23.7 Å². The van der Waals surface area contributed by atoms with Crippen molar-refractivity contribution in [2.45, 2.75) is 12.6 Å². The maximum Gasteiger partial charge on any atom is 0.416 e. The van der Waals surface area contributed by atoms with Crippen LogP contribution < -0.4 is 10.2 Å². The first-order valence-electron chi connectivity index (χ1n) is 11.0. The fourth-order valence-electron chi connectivity index (χ4n) is 5.13. The standard InChI is InChI=1S/C25H18ClF3N2O5/c26-17-7-6-15(25(27,28)29)10-18(17)30-19(32)11-36-24(35)14-2-1-3-16(9-14)31-22(33)20-12-4-5-13(8-12)21(20)23(31)34/h1-7,9-10,12-13,20-21H,8,11H2,(H,30,32)/t12-,13-,20-,21+/m0/s1. The van der Waals surface area contributed by atoms with Crippen molar-refractivity contribution in [1.29, 1.82) is 0 Å². The summed E-state index contributed by atoms with van der Waals surface area (Å²) in [5.74, 6) is -3.13. The van der Waals surface area contributed by atoms with Crippen LogP contribution >= 0.6 is 11.6 Å². The minimum absolute atomic E-state index is 0.00356. The molecule has 2 bridgehead atoms. The van der Waals surface area contributed by atoms with Gasteiger partial charge in [0, 0.05) is 0 Å². The highest BCUT2D eigenvalue weighted by Gasteiger charge is 2.59. The lowest BCUT2D eigenvalue weighted by molar-refractivity contribution is -0.137. The van der Waals surface area contributed by atoms with Crippen LogP contribution in [-0.4, -0.2) is 30.3 Å². The molecule has 7 nitrogen and oxygen atoms in total. The van der Waals surface area contributed by atoms with Gasteiger partial charge in [0.2, 0.25) is 11.8 Å². The van der Waals surface area contributed by atoms with Crippen molar-refractivity contribution in [2.75, 3.05) is 16.8 Å². The number of amides is 3. The van der Waals surface area contributed by atoms with E-state index in [4.69, 9.17) is 16.3 Å². The van der Waals surface area contributed by atoms with Gasteiger partial charge < -0.3 is 10.1 Å². The molecule has 186 valence electrons. The van der Waals surface area contributed by atoms with Gasteiger partial charge in [-0.1, -0.05) is 29.8 Å². The molecule has 1 saturated carbocycles. The lowest BCUT2D eigenvalue weighted by atomic mass is 9.85. The molecule has 0 radical (unpaired) electrons. The molecule has 1 saturated heterocycles. The summed E-state index contributed by atoms with van der Waals surface area (Å²) in [6, 6.07) is 8.18. The van der Waals surface area contributed by atoms with Crippen LogP contribution in [0.4, 0.5) is 24.5 Å². The van der Waals surface area contributed by atoms with Crippen LogP contribution in [0.2, 0.25) is 5.02 Å².